The number of nitrogens with one attached hydrogen (secondary N) is 1. The van der Waals surface area contributed by atoms with Gasteiger partial charge >= 0.3 is 6.36 Å². The van der Waals surface area contributed by atoms with Gasteiger partial charge in [-0.3, -0.25) is 9.59 Å². The quantitative estimate of drug-likeness (QED) is 0.581. The lowest BCUT2D eigenvalue weighted by atomic mass is 9.94. The maximum Gasteiger partial charge on any atom is 0.573 e. The van der Waals surface area contributed by atoms with Crippen LogP contribution < -0.4 is 10.3 Å². The predicted molar refractivity (Wildman–Crippen MR) is 86.0 cm³/mol. The number of Topliss-reactive ketones (excluding diaryl/α,β-unsaturated/α-hetero) is 1. The third kappa shape index (κ3) is 5.88. The Morgan fingerprint density at radius 3 is 2.59 bits per heavy atom. The summed E-state index contributed by atoms with van der Waals surface area (Å²) in [5.74, 6) is -2.97. The Bertz CT molecular complexity index is 880. The smallest absolute Gasteiger partial charge is 0.403 e. The molecular formula is C17H16F4N2O4. The van der Waals surface area contributed by atoms with Gasteiger partial charge in [-0.15, -0.1) is 13.2 Å². The second kappa shape index (κ2) is 8.30. The number of aromatic nitrogens is 2. The number of hydrogen-bond donors (Lipinski definition) is 1. The van der Waals surface area contributed by atoms with Crippen LogP contribution in [0.5, 0.6) is 5.75 Å². The van der Waals surface area contributed by atoms with Crippen LogP contribution in [0, 0.1) is 5.82 Å². The molecule has 0 fully saturated rings. The van der Waals surface area contributed by atoms with Crippen molar-refractivity contribution in [2.24, 2.45) is 0 Å². The van der Waals surface area contributed by atoms with E-state index in [1.807, 2.05) is 0 Å². The molecule has 10 heteroatoms. The molecule has 0 saturated heterocycles. The summed E-state index contributed by atoms with van der Waals surface area (Å²) in [6, 6.07) is 4.00. The lowest BCUT2D eigenvalue weighted by Gasteiger charge is -2.14. The zero-order valence-electron chi connectivity index (χ0n) is 14.4. The van der Waals surface area contributed by atoms with E-state index < -0.39 is 35.2 Å². The topological polar surface area (TPSA) is 81.3 Å². The van der Waals surface area contributed by atoms with E-state index in [1.54, 1.807) is 6.92 Å². The largest absolute Gasteiger partial charge is 0.573 e. The summed E-state index contributed by atoms with van der Waals surface area (Å²) in [5.41, 5.74) is -0.291. The number of aromatic amines is 1. The molecule has 1 aromatic heterocycles. The van der Waals surface area contributed by atoms with Gasteiger partial charge in [0.15, 0.2) is 17.3 Å². The molecule has 2 rings (SSSR count). The van der Waals surface area contributed by atoms with E-state index in [4.69, 9.17) is 4.74 Å². The number of alkyl halides is 3. The first-order chi connectivity index (χ1) is 12.6. The number of carbonyl (C=O) groups is 1. The fourth-order valence-electron chi connectivity index (χ4n) is 2.39. The van der Waals surface area contributed by atoms with Crippen LogP contribution in [0.3, 0.4) is 0 Å². The van der Waals surface area contributed by atoms with E-state index in [-0.39, 0.29) is 24.5 Å². The minimum absolute atomic E-state index is 0.0117. The molecule has 0 unspecified atom stereocenters. The van der Waals surface area contributed by atoms with E-state index in [9.17, 15) is 27.2 Å². The molecular weight excluding hydrogens is 372 g/mol. The molecule has 27 heavy (non-hydrogen) atoms. The lowest BCUT2D eigenvalue weighted by molar-refractivity contribution is -0.275. The number of rotatable bonds is 7. The van der Waals surface area contributed by atoms with E-state index in [0.717, 1.165) is 18.2 Å². The molecule has 0 saturated carbocycles. The van der Waals surface area contributed by atoms with Gasteiger partial charge in [-0.25, -0.2) is 9.37 Å². The molecule has 0 aliphatic heterocycles. The molecule has 146 valence electrons. The Balaban J connectivity index is 2.15. The third-order valence-corrected chi connectivity index (χ3v) is 3.60. The zero-order chi connectivity index (χ0) is 20.2. The number of nitrogens with zero attached hydrogens (tertiary/aromatic N) is 1. The van der Waals surface area contributed by atoms with Gasteiger partial charge in [0.2, 0.25) is 0 Å². The van der Waals surface area contributed by atoms with Gasteiger partial charge in [-0.05, 0) is 23.6 Å². The molecule has 0 radical (unpaired) electrons. The second-order valence-electron chi connectivity index (χ2n) is 5.78. The first-order valence-corrected chi connectivity index (χ1v) is 7.76. The monoisotopic (exact) mass is 388 g/mol. The first kappa shape index (κ1) is 20.6. The molecule has 0 aliphatic carbocycles. The highest BCUT2D eigenvalue weighted by molar-refractivity contribution is 5.94. The average Bonchev–Trinajstić information content (AvgIpc) is 2.55. The molecule has 0 bridgehead atoms. The van der Waals surface area contributed by atoms with Gasteiger partial charge in [0.05, 0.1) is 0 Å². The number of H-pyrrole nitrogens is 1. The van der Waals surface area contributed by atoms with Crippen molar-refractivity contribution in [3.05, 3.63) is 57.5 Å². The summed E-state index contributed by atoms with van der Waals surface area (Å²) in [6.45, 7) is 1.61. The zero-order valence-corrected chi connectivity index (χ0v) is 14.4. The van der Waals surface area contributed by atoms with Crippen molar-refractivity contribution in [1.29, 1.82) is 0 Å². The van der Waals surface area contributed by atoms with Crippen molar-refractivity contribution in [2.75, 3.05) is 7.11 Å². The van der Waals surface area contributed by atoms with Gasteiger partial charge in [0.1, 0.15) is 18.1 Å². The summed E-state index contributed by atoms with van der Waals surface area (Å²) < 4.78 is 58.8. The molecule has 1 atom stereocenters. The van der Waals surface area contributed by atoms with Crippen LogP contribution in [-0.4, -0.2) is 29.2 Å². The molecule has 2 aromatic rings. The predicted octanol–water partition coefficient (Wildman–Crippen LogP) is 3.33. The van der Waals surface area contributed by atoms with Gasteiger partial charge in [0.25, 0.3) is 5.56 Å². The summed E-state index contributed by atoms with van der Waals surface area (Å²) in [6.07, 6.45) is -5.13. The number of carbonyl (C=O) groups excluding carboxylic acids is 1. The van der Waals surface area contributed by atoms with Crippen molar-refractivity contribution < 1.29 is 31.8 Å². The van der Waals surface area contributed by atoms with E-state index >= 15 is 0 Å². The number of ether oxygens (including phenoxy) is 2. The van der Waals surface area contributed by atoms with E-state index in [0.29, 0.717) is 5.56 Å². The highest BCUT2D eigenvalue weighted by Crippen LogP contribution is 2.29. The fraction of sp³-hybridized carbons (Fsp3) is 0.353. The summed E-state index contributed by atoms with van der Waals surface area (Å²) in [5, 5.41) is 0. The van der Waals surface area contributed by atoms with Crippen LogP contribution in [0.2, 0.25) is 0 Å². The Hall–Kier alpha value is -2.75. The van der Waals surface area contributed by atoms with Gasteiger partial charge in [-0.1, -0.05) is 13.0 Å². The Morgan fingerprint density at radius 1 is 1.30 bits per heavy atom. The maximum atomic E-state index is 13.8. The SMILES string of the molecule is COCc1nc(C(=O)C[C@H](C)c2ccc(OC(F)(F)F)c(F)c2)cc(=O)[nH]1. The third-order valence-electron chi connectivity index (χ3n) is 3.60. The molecule has 0 aliphatic rings. The highest BCUT2D eigenvalue weighted by atomic mass is 19.4. The Labute approximate surface area is 151 Å². The standard InChI is InChI=1S/C17H16F4N2O4/c1-9(10-3-4-14(11(18)6-10)27-17(19,20)21)5-13(24)12-7-16(25)23-15(22-12)8-26-2/h3-4,6-7,9H,5,8H2,1-2H3,(H,22,23,25)/t9-/m0/s1. The molecule has 0 spiro atoms. The van der Waals surface area contributed by atoms with Gasteiger partial charge in [-0.2, -0.15) is 0 Å². The number of halogens is 4. The summed E-state index contributed by atoms with van der Waals surface area (Å²) in [4.78, 5) is 30.4. The summed E-state index contributed by atoms with van der Waals surface area (Å²) >= 11 is 0. The van der Waals surface area contributed by atoms with Gasteiger partial charge < -0.3 is 14.5 Å². The van der Waals surface area contributed by atoms with Crippen molar-refractivity contribution in [1.82, 2.24) is 9.97 Å². The second-order valence-corrected chi connectivity index (χ2v) is 5.78. The number of hydrogen-bond acceptors (Lipinski definition) is 5. The fourth-order valence-corrected chi connectivity index (χ4v) is 2.39. The normalized spacial score (nSPS) is 12.7. The molecule has 1 aromatic carbocycles. The number of benzene rings is 1. The van der Waals surface area contributed by atoms with Crippen LogP contribution in [-0.2, 0) is 11.3 Å². The molecule has 1 N–H and O–H groups in total. The molecule has 6 nitrogen and oxygen atoms in total. The molecule has 0 amide bonds. The molecule has 1 heterocycles. The van der Waals surface area contributed by atoms with Crippen molar-refractivity contribution >= 4 is 5.78 Å². The Morgan fingerprint density at radius 2 is 2.00 bits per heavy atom. The van der Waals surface area contributed by atoms with E-state index in [1.165, 1.54) is 13.2 Å². The first-order valence-electron chi connectivity index (χ1n) is 7.76. The van der Waals surface area contributed by atoms with Crippen LogP contribution in [0.1, 0.15) is 41.1 Å². The maximum absolute atomic E-state index is 13.8. The van der Waals surface area contributed by atoms with Crippen LogP contribution in [0.4, 0.5) is 17.6 Å². The number of methoxy groups -OCH3 is 1. The Kier molecular flexibility index (Phi) is 6.32. The lowest BCUT2D eigenvalue weighted by Crippen LogP contribution is -2.18. The average molecular weight is 388 g/mol. The summed E-state index contributed by atoms with van der Waals surface area (Å²) in [7, 11) is 1.40. The van der Waals surface area contributed by atoms with Gasteiger partial charge in [0, 0.05) is 19.6 Å². The van der Waals surface area contributed by atoms with Crippen LogP contribution >= 0.6 is 0 Å². The van der Waals surface area contributed by atoms with Crippen LogP contribution in [0.25, 0.3) is 0 Å². The van der Waals surface area contributed by atoms with Crippen molar-refractivity contribution in [3.63, 3.8) is 0 Å². The minimum atomic E-state index is -5.00. The van der Waals surface area contributed by atoms with Crippen LogP contribution in [0.15, 0.2) is 29.1 Å². The van der Waals surface area contributed by atoms with Crippen molar-refractivity contribution in [3.8, 4) is 5.75 Å². The van der Waals surface area contributed by atoms with Crippen molar-refractivity contribution in [2.45, 2.75) is 32.2 Å². The highest BCUT2D eigenvalue weighted by Gasteiger charge is 2.32. The number of ketones is 1. The minimum Gasteiger partial charge on any atom is -0.403 e. The van der Waals surface area contributed by atoms with E-state index in [2.05, 4.69) is 14.7 Å².